The fourth-order valence-corrected chi connectivity index (χ4v) is 1.30. The van der Waals surface area contributed by atoms with Crippen LogP contribution in [0.25, 0.3) is 0 Å². The van der Waals surface area contributed by atoms with Gasteiger partial charge in [0, 0.05) is 11.6 Å². The van der Waals surface area contributed by atoms with Gasteiger partial charge in [0.1, 0.15) is 0 Å². The van der Waals surface area contributed by atoms with Crippen LogP contribution in [-0.2, 0) is 6.54 Å². The molecular weight excluding hydrogens is 228 g/mol. The predicted molar refractivity (Wildman–Crippen MR) is 66.4 cm³/mol. The predicted octanol–water partition coefficient (Wildman–Crippen LogP) is 0.0183. The summed E-state index contributed by atoms with van der Waals surface area (Å²) in [5.74, 6) is -0.179. The molecular formula is C9H13ClN6. The number of hydrogen-bond acceptors (Lipinski definition) is 2. The highest BCUT2D eigenvalue weighted by Gasteiger charge is 2.01. The van der Waals surface area contributed by atoms with Crippen LogP contribution in [0.15, 0.2) is 28.2 Å². The maximum absolute atomic E-state index is 5.81. The van der Waals surface area contributed by atoms with Crippen LogP contribution in [0.2, 0.25) is 5.02 Å². The average Bonchev–Trinajstić information content (AvgIpc) is 2.19. The molecule has 0 aliphatic heterocycles. The van der Waals surface area contributed by atoms with Gasteiger partial charge in [-0.2, -0.15) is 4.99 Å². The maximum Gasteiger partial charge on any atom is 0.223 e. The number of hydrogen-bond donors (Lipinski definition) is 4. The lowest BCUT2D eigenvalue weighted by Crippen LogP contribution is -2.26. The summed E-state index contributed by atoms with van der Waals surface area (Å²) in [6, 6.07) is 5.09. The molecule has 1 aromatic rings. The van der Waals surface area contributed by atoms with Gasteiger partial charge in [-0.15, -0.1) is 0 Å². The molecule has 1 aromatic carbocycles. The van der Waals surface area contributed by atoms with Gasteiger partial charge in [0.05, 0.1) is 5.69 Å². The molecule has 8 N–H and O–H groups in total. The van der Waals surface area contributed by atoms with Crippen molar-refractivity contribution in [3.8, 4) is 0 Å². The third-order valence-corrected chi connectivity index (χ3v) is 1.98. The number of benzene rings is 1. The molecule has 0 amide bonds. The van der Waals surface area contributed by atoms with Gasteiger partial charge in [-0.25, -0.2) is 4.99 Å². The molecule has 0 atom stereocenters. The van der Waals surface area contributed by atoms with E-state index in [1.165, 1.54) is 0 Å². The lowest BCUT2D eigenvalue weighted by atomic mass is 10.2. The van der Waals surface area contributed by atoms with Gasteiger partial charge in [-0.05, 0) is 23.8 Å². The molecule has 0 aliphatic carbocycles. The van der Waals surface area contributed by atoms with Crippen LogP contribution in [-0.4, -0.2) is 11.9 Å². The molecule has 0 aromatic heterocycles. The molecule has 6 nitrogen and oxygen atoms in total. The molecule has 0 bridgehead atoms. The first kappa shape index (κ1) is 12.3. The molecule has 0 radical (unpaired) electrons. The Kier molecular flexibility index (Phi) is 4.10. The Hall–Kier alpha value is -1.79. The molecule has 0 saturated heterocycles. The molecule has 7 heteroatoms. The monoisotopic (exact) mass is 240 g/mol. The van der Waals surface area contributed by atoms with Gasteiger partial charge >= 0.3 is 0 Å². The Morgan fingerprint density at radius 1 is 1.25 bits per heavy atom. The van der Waals surface area contributed by atoms with Gasteiger partial charge in [-0.1, -0.05) is 11.6 Å². The van der Waals surface area contributed by atoms with E-state index in [1.54, 1.807) is 18.2 Å². The summed E-state index contributed by atoms with van der Waals surface area (Å²) in [5, 5.41) is 0.583. The van der Waals surface area contributed by atoms with E-state index in [0.29, 0.717) is 17.3 Å². The van der Waals surface area contributed by atoms with Crippen LogP contribution in [0, 0.1) is 0 Å². The summed E-state index contributed by atoms with van der Waals surface area (Å²) in [6.45, 7) is 0.300. The molecule has 86 valence electrons. The Balaban J connectivity index is 3.09. The minimum atomic E-state index is -0.149. The van der Waals surface area contributed by atoms with Crippen LogP contribution in [0.4, 0.5) is 5.69 Å². The quantitative estimate of drug-likeness (QED) is 0.429. The Bertz CT molecular complexity index is 436. The highest BCUT2D eigenvalue weighted by Crippen LogP contribution is 2.22. The lowest BCUT2D eigenvalue weighted by Gasteiger charge is -2.03. The number of rotatable bonds is 2. The minimum absolute atomic E-state index is 0.0305. The van der Waals surface area contributed by atoms with Crippen molar-refractivity contribution in [2.24, 2.45) is 32.9 Å². The highest BCUT2D eigenvalue weighted by molar-refractivity contribution is 6.30. The molecule has 16 heavy (non-hydrogen) atoms. The molecule has 0 heterocycles. The van der Waals surface area contributed by atoms with E-state index >= 15 is 0 Å². The number of aliphatic imine (C=N–C) groups is 2. The van der Waals surface area contributed by atoms with E-state index in [4.69, 9.17) is 34.5 Å². The second kappa shape index (κ2) is 5.34. The number of nitrogens with two attached hydrogens (primary N) is 4. The first-order valence-electron chi connectivity index (χ1n) is 4.45. The fraction of sp³-hybridized carbons (Fsp3) is 0.111. The first-order valence-corrected chi connectivity index (χ1v) is 4.83. The van der Waals surface area contributed by atoms with Crippen molar-refractivity contribution < 1.29 is 0 Å². The molecule has 0 unspecified atom stereocenters. The van der Waals surface area contributed by atoms with Crippen molar-refractivity contribution in [1.82, 2.24) is 0 Å². The van der Waals surface area contributed by atoms with Crippen LogP contribution in [0.5, 0.6) is 0 Å². The summed E-state index contributed by atoms with van der Waals surface area (Å²) < 4.78 is 0. The average molecular weight is 241 g/mol. The van der Waals surface area contributed by atoms with Gasteiger partial charge < -0.3 is 22.9 Å². The van der Waals surface area contributed by atoms with E-state index in [-0.39, 0.29) is 11.9 Å². The van der Waals surface area contributed by atoms with E-state index < -0.39 is 0 Å². The van der Waals surface area contributed by atoms with E-state index in [9.17, 15) is 0 Å². The molecule has 0 spiro atoms. The zero-order chi connectivity index (χ0) is 12.1. The lowest BCUT2D eigenvalue weighted by molar-refractivity contribution is 1.07. The van der Waals surface area contributed by atoms with Gasteiger partial charge in [0.2, 0.25) is 5.96 Å². The normalized spacial score (nSPS) is 11.2. The van der Waals surface area contributed by atoms with Gasteiger partial charge in [-0.3, -0.25) is 0 Å². The summed E-state index contributed by atoms with van der Waals surface area (Å²) >= 11 is 5.81. The van der Waals surface area contributed by atoms with Crippen LogP contribution < -0.4 is 22.9 Å². The number of guanidine groups is 2. The van der Waals surface area contributed by atoms with Crippen molar-refractivity contribution in [3.63, 3.8) is 0 Å². The summed E-state index contributed by atoms with van der Waals surface area (Å²) in [6.07, 6.45) is 0. The van der Waals surface area contributed by atoms with Crippen molar-refractivity contribution in [2.45, 2.75) is 6.54 Å². The summed E-state index contributed by atoms with van der Waals surface area (Å²) in [7, 11) is 0. The maximum atomic E-state index is 5.81. The first-order chi connectivity index (χ1) is 7.52. The van der Waals surface area contributed by atoms with E-state index in [0.717, 1.165) is 5.56 Å². The Labute approximate surface area is 98.0 Å². The van der Waals surface area contributed by atoms with Gasteiger partial charge in [0.15, 0.2) is 5.96 Å². The minimum Gasteiger partial charge on any atom is -0.370 e. The molecule has 0 saturated carbocycles. The smallest absolute Gasteiger partial charge is 0.223 e. The van der Waals surface area contributed by atoms with Crippen LogP contribution in [0.3, 0.4) is 0 Å². The van der Waals surface area contributed by atoms with Crippen LogP contribution >= 0.6 is 11.6 Å². The molecule has 0 fully saturated rings. The number of nitrogens with zero attached hydrogens (tertiary/aromatic N) is 2. The number of halogens is 1. The fourth-order valence-electron chi connectivity index (χ4n) is 1.11. The van der Waals surface area contributed by atoms with E-state index in [2.05, 4.69) is 9.98 Å². The zero-order valence-electron chi connectivity index (χ0n) is 8.52. The van der Waals surface area contributed by atoms with Crippen molar-refractivity contribution in [2.75, 3.05) is 0 Å². The van der Waals surface area contributed by atoms with Crippen molar-refractivity contribution in [3.05, 3.63) is 28.8 Å². The molecule has 0 aliphatic rings. The topological polar surface area (TPSA) is 129 Å². The van der Waals surface area contributed by atoms with Crippen LogP contribution in [0.1, 0.15) is 5.56 Å². The SMILES string of the molecule is NCc1cc(Cl)ccc1N=C(N)N=C(N)N. The molecule has 1 rings (SSSR count). The van der Waals surface area contributed by atoms with E-state index in [1.807, 2.05) is 0 Å². The second-order valence-corrected chi connectivity index (χ2v) is 3.42. The Morgan fingerprint density at radius 3 is 2.50 bits per heavy atom. The Morgan fingerprint density at radius 2 is 1.94 bits per heavy atom. The third kappa shape index (κ3) is 3.41. The van der Waals surface area contributed by atoms with Gasteiger partial charge in [0.25, 0.3) is 0 Å². The largest absolute Gasteiger partial charge is 0.370 e. The standard InChI is InChI=1S/C9H13ClN6/c10-6-1-2-7(5(3-6)4-11)15-9(14)16-8(12)13/h1-3H,4,11H2,(H6,12,13,14,15,16). The van der Waals surface area contributed by atoms with Crippen molar-refractivity contribution in [1.29, 1.82) is 0 Å². The zero-order valence-corrected chi connectivity index (χ0v) is 9.28. The summed E-state index contributed by atoms with van der Waals surface area (Å²) in [5.41, 5.74) is 22.7. The third-order valence-electron chi connectivity index (χ3n) is 1.74. The second-order valence-electron chi connectivity index (χ2n) is 2.98. The highest BCUT2D eigenvalue weighted by atomic mass is 35.5. The summed E-state index contributed by atoms with van der Waals surface area (Å²) in [4.78, 5) is 7.62. The van der Waals surface area contributed by atoms with Crippen molar-refractivity contribution >= 4 is 29.2 Å².